The number of likely N-dealkylation sites (tertiary alicyclic amines) is 1. The minimum Gasteiger partial charge on any atom is -0.493 e. The van der Waals surface area contributed by atoms with Crippen LogP contribution in [0.4, 0.5) is 10.5 Å². The zero-order chi connectivity index (χ0) is 29.4. The molecule has 2 aliphatic rings. The third-order valence-electron chi connectivity index (χ3n) is 7.62. The Balaban J connectivity index is 1.36. The van der Waals surface area contributed by atoms with Crippen molar-refractivity contribution in [3.05, 3.63) is 52.5 Å². The van der Waals surface area contributed by atoms with Crippen LogP contribution in [0.25, 0.3) is 0 Å². The highest BCUT2D eigenvalue weighted by Gasteiger charge is 2.28. The first-order valence-electron chi connectivity index (χ1n) is 14.5. The topological polar surface area (TPSA) is 91.4 Å². The average molecular weight is 585 g/mol. The van der Waals surface area contributed by atoms with Crippen LogP contribution in [0.2, 0.25) is 5.02 Å². The molecule has 1 atom stereocenters. The number of carbonyl (C=O) groups excluding carboxylic acids is 3. The second-order valence-corrected chi connectivity index (χ2v) is 11.1. The maximum Gasteiger partial charge on any atom is 0.324 e. The summed E-state index contributed by atoms with van der Waals surface area (Å²) in [5.41, 5.74) is 2.40. The number of amides is 4. The van der Waals surface area contributed by atoms with Gasteiger partial charge in [-0.1, -0.05) is 43.5 Å². The molecule has 2 aromatic rings. The third-order valence-corrected chi connectivity index (χ3v) is 7.97. The number of halogens is 1. The molecule has 0 saturated carbocycles. The molecule has 41 heavy (non-hydrogen) atoms. The number of urea groups is 1. The largest absolute Gasteiger partial charge is 0.493 e. The van der Waals surface area contributed by atoms with E-state index in [1.54, 1.807) is 34.8 Å². The van der Waals surface area contributed by atoms with Crippen molar-refractivity contribution in [1.82, 2.24) is 15.1 Å². The molecule has 0 aliphatic carbocycles. The maximum atomic E-state index is 13.5. The Hall–Kier alpha value is -3.46. The molecular formula is C31H41ClN4O5. The second-order valence-electron chi connectivity index (χ2n) is 10.7. The van der Waals surface area contributed by atoms with Gasteiger partial charge in [-0.05, 0) is 48.6 Å². The number of nitrogens with one attached hydrogen (secondary N) is 1. The number of anilines is 1. The third kappa shape index (κ3) is 8.06. The first-order valence-corrected chi connectivity index (χ1v) is 14.9. The van der Waals surface area contributed by atoms with Crippen LogP contribution in [0.1, 0.15) is 57.1 Å². The lowest BCUT2D eigenvalue weighted by Gasteiger charge is -2.36. The van der Waals surface area contributed by atoms with Gasteiger partial charge in [-0.25, -0.2) is 4.79 Å². The lowest BCUT2D eigenvalue weighted by molar-refractivity contribution is -0.128. The summed E-state index contributed by atoms with van der Waals surface area (Å²) in [4.78, 5) is 43.0. The van der Waals surface area contributed by atoms with E-state index in [0.717, 1.165) is 48.9 Å². The van der Waals surface area contributed by atoms with Gasteiger partial charge in [0, 0.05) is 62.5 Å². The van der Waals surface area contributed by atoms with Gasteiger partial charge >= 0.3 is 6.03 Å². The van der Waals surface area contributed by atoms with Crippen molar-refractivity contribution < 1.29 is 23.9 Å². The van der Waals surface area contributed by atoms with Gasteiger partial charge in [-0.3, -0.25) is 14.5 Å². The molecule has 4 rings (SSSR count). The van der Waals surface area contributed by atoms with Gasteiger partial charge in [-0.2, -0.15) is 0 Å². The van der Waals surface area contributed by atoms with Gasteiger partial charge in [0.05, 0.1) is 20.1 Å². The number of carbonyl (C=O) groups is 3. The fourth-order valence-corrected chi connectivity index (χ4v) is 5.57. The number of benzene rings is 2. The molecule has 9 nitrogen and oxygen atoms in total. The van der Waals surface area contributed by atoms with Crippen molar-refractivity contribution >= 4 is 35.1 Å². The maximum absolute atomic E-state index is 13.5. The first-order chi connectivity index (χ1) is 19.8. The molecule has 2 aliphatic heterocycles. The van der Waals surface area contributed by atoms with Crippen molar-refractivity contribution in [2.75, 3.05) is 44.8 Å². The van der Waals surface area contributed by atoms with Crippen molar-refractivity contribution in [2.24, 2.45) is 0 Å². The quantitative estimate of drug-likeness (QED) is 0.353. The molecule has 2 aromatic carbocycles. The summed E-state index contributed by atoms with van der Waals surface area (Å²) >= 11 is 6.62. The summed E-state index contributed by atoms with van der Waals surface area (Å²) in [7, 11) is 1.61. The second kappa shape index (κ2) is 14.4. The van der Waals surface area contributed by atoms with Gasteiger partial charge in [0.1, 0.15) is 0 Å². The van der Waals surface area contributed by atoms with Gasteiger partial charge in [0.15, 0.2) is 11.5 Å². The Morgan fingerprint density at radius 2 is 1.90 bits per heavy atom. The molecular weight excluding hydrogens is 544 g/mol. The molecule has 1 unspecified atom stereocenters. The average Bonchev–Trinajstić information content (AvgIpc) is 3.42. The Morgan fingerprint density at radius 3 is 2.61 bits per heavy atom. The summed E-state index contributed by atoms with van der Waals surface area (Å²) in [6, 6.07) is 11.1. The predicted octanol–water partition coefficient (Wildman–Crippen LogP) is 5.03. The Morgan fingerprint density at radius 1 is 1.07 bits per heavy atom. The fourth-order valence-electron chi connectivity index (χ4n) is 5.31. The first kappa shape index (κ1) is 30.5. The van der Waals surface area contributed by atoms with E-state index >= 15 is 0 Å². The number of hydrogen-bond acceptors (Lipinski definition) is 5. The molecule has 1 N–H and O–H groups in total. The van der Waals surface area contributed by atoms with Crippen LogP contribution < -0.4 is 19.7 Å². The lowest BCUT2D eigenvalue weighted by atomic mass is 10.1. The van der Waals surface area contributed by atoms with Gasteiger partial charge in [0.25, 0.3) is 0 Å². The standard InChI is InChI=1S/C31H41ClN4O5/c1-4-5-6-16-41-29-19-26(10-11-28(29)40-3)36-14-7-13-35(31(36)39)20-24-9-8-23(17-27(24)32)18-30(38)33-25-12-15-34(21-25)22(2)37/h8-11,17,19,25H,4-7,12-16,18,20-21H2,1-3H3,(H,33,38). The number of rotatable bonds is 12. The number of hydrogen-bond donors (Lipinski definition) is 1. The van der Waals surface area contributed by atoms with Gasteiger partial charge in [-0.15, -0.1) is 0 Å². The molecule has 222 valence electrons. The summed E-state index contributed by atoms with van der Waals surface area (Å²) < 4.78 is 11.5. The zero-order valence-corrected chi connectivity index (χ0v) is 25.0. The van der Waals surface area contributed by atoms with Crippen LogP contribution in [0.15, 0.2) is 36.4 Å². The molecule has 10 heteroatoms. The van der Waals surface area contributed by atoms with E-state index in [4.69, 9.17) is 21.1 Å². The van der Waals surface area contributed by atoms with Crippen LogP contribution in [0, 0.1) is 0 Å². The molecule has 4 amide bonds. The highest BCUT2D eigenvalue weighted by molar-refractivity contribution is 6.31. The van der Waals surface area contributed by atoms with E-state index in [2.05, 4.69) is 12.2 Å². The van der Waals surface area contributed by atoms with Crippen LogP contribution in [-0.4, -0.2) is 73.6 Å². The Bertz CT molecular complexity index is 1240. The SMILES string of the molecule is CCCCCOc1cc(N2CCCN(Cc3ccc(CC(=O)NC4CCN(C(C)=O)C4)cc3Cl)C2=O)ccc1OC. The van der Waals surface area contributed by atoms with Crippen molar-refractivity contribution in [3.8, 4) is 11.5 Å². The molecule has 2 heterocycles. The summed E-state index contributed by atoms with van der Waals surface area (Å²) in [6.45, 7) is 7.13. The van der Waals surface area contributed by atoms with Gasteiger partial charge in [0.2, 0.25) is 11.8 Å². The van der Waals surface area contributed by atoms with Crippen molar-refractivity contribution in [2.45, 2.75) is 65.0 Å². The van der Waals surface area contributed by atoms with E-state index in [9.17, 15) is 14.4 Å². The van der Waals surface area contributed by atoms with E-state index in [0.29, 0.717) is 55.9 Å². The van der Waals surface area contributed by atoms with Crippen molar-refractivity contribution in [3.63, 3.8) is 0 Å². The molecule has 2 saturated heterocycles. The normalized spacial score (nSPS) is 17.1. The molecule has 0 aromatic heterocycles. The van der Waals surface area contributed by atoms with E-state index < -0.39 is 0 Å². The smallest absolute Gasteiger partial charge is 0.324 e. The number of ether oxygens (including phenoxy) is 2. The monoisotopic (exact) mass is 584 g/mol. The van der Waals surface area contributed by atoms with Crippen LogP contribution in [0.5, 0.6) is 11.5 Å². The number of methoxy groups -OCH3 is 1. The highest BCUT2D eigenvalue weighted by atomic mass is 35.5. The number of nitrogens with zero attached hydrogens (tertiary/aromatic N) is 3. The zero-order valence-electron chi connectivity index (χ0n) is 24.3. The van der Waals surface area contributed by atoms with Crippen molar-refractivity contribution in [1.29, 1.82) is 0 Å². The molecule has 2 fully saturated rings. The van der Waals surface area contributed by atoms with Crippen LogP contribution in [-0.2, 0) is 22.6 Å². The number of unbranched alkanes of at least 4 members (excludes halogenated alkanes) is 2. The summed E-state index contributed by atoms with van der Waals surface area (Å²) in [5.74, 6) is 1.21. The fraction of sp³-hybridized carbons (Fsp3) is 0.516. The van der Waals surface area contributed by atoms with E-state index in [-0.39, 0.29) is 30.3 Å². The lowest BCUT2D eigenvalue weighted by Crippen LogP contribution is -2.49. The Kier molecular flexibility index (Phi) is 10.7. The van der Waals surface area contributed by atoms with Gasteiger partial charge < -0.3 is 24.6 Å². The summed E-state index contributed by atoms with van der Waals surface area (Å²) in [6.07, 6.45) is 4.96. The Labute approximate surface area is 247 Å². The van der Waals surface area contributed by atoms with Crippen LogP contribution in [0.3, 0.4) is 0 Å². The highest BCUT2D eigenvalue weighted by Crippen LogP contribution is 2.34. The molecule has 0 spiro atoms. The summed E-state index contributed by atoms with van der Waals surface area (Å²) in [5, 5.41) is 3.54. The predicted molar refractivity (Wildman–Crippen MR) is 160 cm³/mol. The van der Waals surface area contributed by atoms with Crippen LogP contribution >= 0.6 is 11.6 Å². The minimum absolute atomic E-state index is 0.0244. The molecule has 0 radical (unpaired) electrons. The minimum atomic E-state index is -0.0979. The molecule has 0 bridgehead atoms. The van der Waals surface area contributed by atoms with E-state index in [1.165, 1.54) is 0 Å². The van der Waals surface area contributed by atoms with E-state index in [1.807, 2.05) is 30.3 Å².